The van der Waals surface area contributed by atoms with Crippen LogP contribution in [0.1, 0.15) is 16.8 Å². The van der Waals surface area contributed by atoms with Gasteiger partial charge in [-0.15, -0.1) is 0 Å². The Hall–Kier alpha value is -3.74. The fourth-order valence-electron chi connectivity index (χ4n) is 2.97. The van der Waals surface area contributed by atoms with Crippen molar-refractivity contribution in [2.75, 3.05) is 11.9 Å². The van der Waals surface area contributed by atoms with Crippen molar-refractivity contribution >= 4 is 5.82 Å². The van der Waals surface area contributed by atoms with Crippen LogP contribution in [-0.4, -0.2) is 31.3 Å². The van der Waals surface area contributed by atoms with Gasteiger partial charge in [-0.3, -0.25) is 4.79 Å². The lowest BCUT2D eigenvalue weighted by molar-refractivity contribution is 0.879. The number of nitrogens with one attached hydrogen (secondary N) is 2. The van der Waals surface area contributed by atoms with Gasteiger partial charge in [0.1, 0.15) is 11.6 Å². The Kier molecular flexibility index (Phi) is 5.20. The van der Waals surface area contributed by atoms with Crippen LogP contribution in [0.25, 0.3) is 17.1 Å². The number of aryl methyl sites for hydroxylation is 1. The number of hydrogen-bond acceptors (Lipinski definition) is 5. The van der Waals surface area contributed by atoms with E-state index in [1.54, 1.807) is 13.1 Å². The Morgan fingerprint density at radius 1 is 1.07 bits per heavy atom. The number of aromatic amines is 1. The highest BCUT2D eigenvalue weighted by atomic mass is 16.1. The highest BCUT2D eigenvalue weighted by Gasteiger charge is 2.07. The van der Waals surface area contributed by atoms with Crippen molar-refractivity contribution in [2.45, 2.75) is 20.3 Å². The zero-order chi connectivity index (χ0) is 20.2. The Morgan fingerprint density at radius 2 is 1.90 bits per heavy atom. The molecule has 0 atom stereocenters. The number of para-hydroxylation sites is 1. The van der Waals surface area contributed by atoms with Gasteiger partial charge in [-0.1, -0.05) is 18.2 Å². The van der Waals surface area contributed by atoms with Gasteiger partial charge in [0.05, 0.1) is 11.9 Å². The van der Waals surface area contributed by atoms with Crippen LogP contribution in [-0.2, 0) is 6.42 Å². The van der Waals surface area contributed by atoms with Gasteiger partial charge in [0, 0.05) is 35.8 Å². The van der Waals surface area contributed by atoms with E-state index in [0.717, 1.165) is 41.3 Å². The maximum absolute atomic E-state index is 11.9. The first-order valence-corrected chi connectivity index (χ1v) is 9.47. The van der Waals surface area contributed by atoms with E-state index < -0.39 is 0 Å². The normalized spacial score (nSPS) is 10.8. The van der Waals surface area contributed by atoms with E-state index in [-0.39, 0.29) is 5.56 Å². The maximum atomic E-state index is 11.9. The summed E-state index contributed by atoms with van der Waals surface area (Å²) in [7, 11) is 0. The van der Waals surface area contributed by atoms with Crippen molar-refractivity contribution in [2.24, 2.45) is 0 Å². The van der Waals surface area contributed by atoms with Crippen molar-refractivity contribution in [1.29, 1.82) is 0 Å². The standard InChI is InChI=1S/C22H22N6O/c1-15-16(2)26-21(27-22(15)29)18-8-9-20(24-13-18)23-11-10-17-12-25-28(14-17)19-6-4-3-5-7-19/h3-9,12-14H,10-11H2,1-2H3,(H,23,24)(H,26,27,29). The van der Waals surface area contributed by atoms with Crippen LogP contribution in [0.3, 0.4) is 0 Å². The average molecular weight is 386 g/mol. The molecule has 3 aromatic heterocycles. The first-order valence-electron chi connectivity index (χ1n) is 9.47. The molecular weight excluding hydrogens is 364 g/mol. The molecule has 0 spiro atoms. The Balaban J connectivity index is 1.37. The highest BCUT2D eigenvalue weighted by molar-refractivity contribution is 5.56. The van der Waals surface area contributed by atoms with Crippen LogP contribution in [0.4, 0.5) is 5.82 Å². The van der Waals surface area contributed by atoms with Crippen molar-refractivity contribution < 1.29 is 0 Å². The molecule has 0 amide bonds. The molecule has 0 aliphatic heterocycles. The SMILES string of the molecule is Cc1nc(-c2ccc(NCCc3cnn(-c4ccccc4)c3)nc2)[nH]c(=O)c1C. The lowest BCUT2D eigenvalue weighted by atomic mass is 10.2. The highest BCUT2D eigenvalue weighted by Crippen LogP contribution is 2.15. The molecule has 146 valence electrons. The fourth-order valence-corrected chi connectivity index (χ4v) is 2.97. The Labute approximate surface area is 168 Å². The molecule has 0 bridgehead atoms. The molecule has 2 N–H and O–H groups in total. The van der Waals surface area contributed by atoms with Crippen LogP contribution < -0.4 is 10.9 Å². The van der Waals surface area contributed by atoms with E-state index >= 15 is 0 Å². The van der Waals surface area contributed by atoms with Gasteiger partial charge in [0.25, 0.3) is 5.56 Å². The summed E-state index contributed by atoms with van der Waals surface area (Å²) in [4.78, 5) is 23.6. The van der Waals surface area contributed by atoms with E-state index in [0.29, 0.717) is 11.4 Å². The smallest absolute Gasteiger partial charge is 0.254 e. The van der Waals surface area contributed by atoms with Crippen LogP contribution in [0.15, 0.2) is 65.8 Å². The minimum Gasteiger partial charge on any atom is -0.370 e. The zero-order valence-electron chi connectivity index (χ0n) is 16.4. The molecule has 0 radical (unpaired) electrons. The van der Waals surface area contributed by atoms with Gasteiger partial charge >= 0.3 is 0 Å². The largest absolute Gasteiger partial charge is 0.370 e. The molecule has 0 saturated carbocycles. The second kappa shape index (κ2) is 8.10. The first kappa shape index (κ1) is 18.6. The van der Waals surface area contributed by atoms with E-state index in [1.165, 1.54) is 0 Å². The van der Waals surface area contributed by atoms with Gasteiger partial charge in [0.2, 0.25) is 0 Å². The molecule has 7 nitrogen and oxygen atoms in total. The number of nitrogens with zero attached hydrogens (tertiary/aromatic N) is 4. The third-order valence-corrected chi connectivity index (χ3v) is 4.81. The molecule has 4 rings (SSSR count). The number of aromatic nitrogens is 5. The van der Waals surface area contributed by atoms with Gasteiger partial charge in [-0.25, -0.2) is 14.6 Å². The van der Waals surface area contributed by atoms with Crippen LogP contribution in [0.5, 0.6) is 0 Å². The minimum absolute atomic E-state index is 0.120. The molecule has 0 unspecified atom stereocenters. The predicted octanol–water partition coefficient (Wildman–Crippen LogP) is 3.29. The number of H-pyrrole nitrogens is 1. The van der Waals surface area contributed by atoms with Gasteiger partial charge in [0.15, 0.2) is 0 Å². The second-order valence-corrected chi connectivity index (χ2v) is 6.86. The van der Waals surface area contributed by atoms with Crippen LogP contribution in [0.2, 0.25) is 0 Å². The predicted molar refractivity (Wildman–Crippen MR) is 113 cm³/mol. The molecule has 0 aliphatic carbocycles. The maximum Gasteiger partial charge on any atom is 0.254 e. The summed E-state index contributed by atoms with van der Waals surface area (Å²) in [6, 6.07) is 13.8. The summed E-state index contributed by atoms with van der Waals surface area (Å²) in [5.41, 5.74) is 4.21. The molecule has 0 fully saturated rings. The monoisotopic (exact) mass is 386 g/mol. The number of hydrogen-bond donors (Lipinski definition) is 2. The molecule has 4 aromatic rings. The lowest BCUT2D eigenvalue weighted by Crippen LogP contribution is -2.14. The minimum atomic E-state index is -0.120. The number of rotatable bonds is 6. The first-order chi connectivity index (χ1) is 14.1. The quantitative estimate of drug-likeness (QED) is 0.531. The number of benzene rings is 1. The van der Waals surface area contributed by atoms with Crippen LogP contribution >= 0.6 is 0 Å². The molecule has 7 heteroatoms. The van der Waals surface area contributed by atoms with Gasteiger partial charge in [-0.2, -0.15) is 5.10 Å². The summed E-state index contributed by atoms with van der Waals surface area (Å²) in [6.07, 6.45) is 6.47. The fraction of sp³-hybridized carbons (Fsp3) is 0.182. The average Bonchev–Trinajstić information content (AvgIpc) is 3.22. The third-order valence-electron chi connectivity index (χ3n) is 4.81. The van der Waals surface area contributed by atoms with E-state index in [1.807, 2.05) is 66.5 Å². The Morgan fingerprint density at radius 3 is 2.62 bits per heavy atom. The third kappa shape index (κ3) is 4.24. The van der Waals surface area contributed by atoms with Crippen molar-refractivity contribution in [3.63, 3.8) is 0 Å². The molecule has 0 saturated heterocycles. The topological polar surface area (TPSA) is 88.5 Å². The Bertz CT molecular complexity index is 1160. The van der Waals surface area contributed by atoms with E-state index in [9.17, 15) is 4.79 Å². The number of pyridine rings is 1. The van der Waals surface area contributed by atoms with Crippen molar-refractivity contribution in [1.82, 2.24) is 24.7 Å². The molecule has 1 aromatic carbocycles. The van der Waals surface area contributed by atoms with Crippen molar-refractivity contribution in [3.8, 4) is 17.1 Å². The van der Waals surface area contributed by atoms with Gasteiger partial charge in [-0.05, 0) is 50.1 Å². The van der Waals surface area contributed by atoms with Crippen molar-refractivity contribution in [3.05, 3.63) is 88.2 Å². The zero-order valence-corrected chi connectivity index (χ0v) is 16.4. The molecule has 3 heterocycles. The number of anilines is 1. The summed E-state index contributed by atoms with van der Waals surface area (Å²) < 4.78 is 1.87. The summed E-state index contributed by atoms with van der Waals surface area (Å²) >= 11 is 0. The summed E-state index contributed by atoms with van der Waals surface area (Å²) in [5.74, 6) is 1.31. The molecule has 0 aliphatic rings. The lowest BCUT2D eigenvalue weighted by Gasteiger charge is -2.07. The van der Waals surface area contributed by atoms with Crippen LogP contribution in [0, 0.1) is 13.8 Å². The second-order valence-electron chi connectivity index (χ2n) is 6.86. The summed E-state index contributed by atoms with van der Waals surface area (Å²) in [5, 5.41) is 7.73. The van der Waals surface area contributed by atoms with Gasteiger partial charge < -0.3 is 10.3 Å². The molecule has 29 heavy (non-hydrogen) atoms. The van der Waals surface area contributed by atoms with E-state index in [4.69, 9.17) is 0 Å². The van der Waals surface area contributed by atoms with E-state index in [2.05, 4.69) is 25.4 Å². The summed E-state index contributed by atoms with van der Waals surface area (Å²) in [6.45, 7) is 4.34. The molecular formula is C22H22N6O.